The molecule has 0 aliphatic carbocycles. The third-order valence-corrected chi connectivity index (χ3v) is 5.51. The highest BCUT2D eigenvalue weighted by molar-refractivity contribution is 5.97. The van der Waals surface area contributed by atoms with Crippen molar-refractivity contribution in [1.29, 1.82) is 0 Å². The number of ether oxygens (including phenoxy) is 1. The van der Waals surface area contributed by atoms with E-state index in [-0.39, 0.29) is 17.7 Å². The molecule has 1 aromatic carbocycles. The van der Waals surface area contributed by atoms with Gasteiger partial charge in [-0.1, -0.05) is 0 Å². The maximum atomic E-state index is 12.6. The molecule has 3 rings (SSSR count). The van der Waals surface area contributed by atoms with Gasteiger partial charge in [0.1, 0.15) is 0 Å². The summed E-state index contributed by atoms with van der Waals surface area (Å²) in [5, 5.41) is 12.0. The van der Waals surface area contributed by atoms with E-state index in [1.54, 1.807) is 29.2 Å². The van der Waals surface area contributed by atoms with Gasteiger partial charge in [-0.3, -0.25) is 14.4 Å². The number of carboxylic acid groups (broad SMARTS) is 1. The third kappa shape index (κ3) is 4.47. The number of anilines is 1. The predicted molar refractivity (Wildman–Crippen MR) is 99.5 cm³/mol. The number of rotatable bonds is 4. The van der Waals surface area contributed by atoms with Crippen LogP contribution in [0.3, 0.4) is 0 Å². The molecule has 2 saturated heterocycles. The minimum atomic E-state index is -0.792. The zero-order chi connectivity index (χ0) is 19.4. The van der Waals surface area contributed by atoms with Gasteiger partial charge in [0.05, 0.1) is 17.9 Å². The second kappa shape index (κ2) is 8.08. The number of benzene rings is 1. The summed E-state index contributed by atoms with van der Waals surface area (Å²) in [6.07, 6.45) is 2.63. The van der Waals surface area contributed by atoms with Crippen LogP contribution in [0.2, 0.25) is 0 Å². The average molecular weight is 374 g/mol. The molecule has 0 saturated carbocycles. The summed E-state index contributed by atoms with van der Waals surface area (Å²) in [6, 6.07) is 6.84. The van der Waals surface area contributed by atoms with Crippen LogP contribution in [0.15, 0.2) is 24.3 Å². The van der Waals surface area contributed by atoms with E-state index in [9.17, 15) is 14.4 Å². The minimum absolute atomic E-state index is 0.0722. The van der Waals surface area contributed by atoms with Crippen molar-refractivity contribution in [3.05, 3.63) is 29.8 Å². The highest BCUT2D eigenvalue weighted by atomic mass is 16.5. The normalized spacial score (nSPS) is 23.7. The van der Waals surface area contributed by atoms with Crippen molar-refractivity contribution in [2.45, 2.75) is 32.6 Å². The SMILES string of the molecule is CC1(C(=O)Nc2ccc(C(=O)N3CCC(C(=O)O)CC3)cc2)CCCOC1. The second-order valence-electron chi connectivity index (χ2n) is 7.65. The predicted octanol–water partition coefficient (Wildman–Crippen LogP) is 2.38. The van der Waals surface area contributed by atoms with Gasteiger partial charge >= 0.3 is 5.97 Å². The van der Waals surface area contributed by atoms with Gasteiger partial charge in [0.15, 0.2) is 0 Å². The Morgan fingerprint density at radius 2 is 1.85 bits per heavy atom. The van der Waals surface area contributed by atoms with E-state index in [1.807, 2.05) is 6.92 Å². The van der Waals surface area contributed by atoms with E-state index >= 15 is 0 Å². The summed E-state index contributed by atoms with van der Waals surface area (Å²) in [5.74, 6) is -1.34. The number of hydrogen-bond donors (Lipinski definition) is 2. The number of amides is 2. The van der Waals surface area contributed by atoms with E-state index in [4.69, 9.17) is 9.84 Å². The van der Waals surface area contributed by atoms with Crippen molar-refractivity contribution >= 4 is 23.5 Å². The Kier molecular flexibility index (Phi) is 5.79. The van der Waals surface area contributed by atoms with Crippen LogP contribution in [0.1, 0.15) is 43.0 Å². The molecular weight excluding hydrogens is 348 g/mol. The number of nitrogens with zero attached hydrogens (tertiary/aromatic N) is 1. The molecular formula is C20H26N2O5. The Hall–Kier alpha value is -2.41. The first-order valence-electron chi connectivity index (χ1n) is 9.40. The smallest absolute Gasteiger partial charge is 0.306 e. The molecule has 0 aromatic heterocycles. The van der Waals surface area contributed by atoms with Crippen LogP contribution in [0.4, 0.5) is 5.69 Å². The van der Waals surface area contributed by atoms with Crippen LogP contribution in [0, 0.1) is 11.3 Å². The average Bonchev–Trinajstić information content (AvgIpc) is 2.68. The van der Waals surface area contributed by atoms with Crippen LogP contribution < -0.4 is 5.32 Å². The summed E-state index contributed by atoms with van der Waals surface area (Å²) < 4.78 is 5.44. The molecule has 2 aliphatic heterocycles. The first-order valence-corrected chi connectivity index (χ1v) is 9.40. The Morgan fingerprint density at radius 3 is 2.41 bits per heavy atom. The maximum Gasteiger partial charge on any atom is 0.306 e. The van der Waals surface area contributed by atoms with Gasteiger partial charge in [0.25, 0.3) is 5.91 Å². The van der Waals surface area contributed by atoms with Gasteiger partial charge in [-0.25, -0.2) is 0 Å². The molecule has 7 heteroatoms. The van der Waals surface area contributed by atoms with Crippen LogP contribution in [0.25, 0.3) is 0 Å². The Bertz CT molecular complexity index is 702. The molecule has 2 amide bonds. The van der Waals surface area contributed by atoms with E-state index < -0.39 is 11.4 Å². The van der Waals surface area contributed by atoms with Crippen molar-refractivity contribution in [3.63, 3.8) is 0 Å². The Balaban J connectivity index is 1.58. The summed E-state index contributed by atoms with van der Waals surface area (Å²) in [7, 11) is 0. The van der Waals surface area contributed by atoms with Crippen molar-refractivity contribution < 1.29 is 24.2 Å². The molecule has 27 heavy (non-hydrogen) atoms. The number of carboxylic acids is 1. The molecule has 0 radical (unpaired) electrons. The van der Waals surface area contributed by atoms with Crippen molar-refractivity contribution in [1.82, 2.24) is 4.90 Å². The highest BCUT2D eigenvalue weighted by Crippen LogP contribution is 2.29. The fraction of sp³-hybridized carbons (Fsp3) is 0.550. The maximum absolute atomic E-state index is 12.6. The lowest BCUT2D eigenvalue weighted by molar-refractivity contribution is -0.143. The number of hydrogen-bond acceptors (Lipinski definition) is 4. The zero-order valence-electron chi connectivity index (χ0n) is 15.6. The molecule has 0 bridgehead atoms. The number of carbonyl (C=O) groups is 3. The fourth-order valence-corrected chi connectivity index (χ4v) is 3.60. The molecule has 7 nitrogen and oxygen atoms in total. The lowest BCUT2D eigenvalue weighted by Gasteiger charge is -2.32. The van der Waals surface area contributed by atoms with E-state index in [2.05, 4.69) is 5.32 Å². The van der Waals surface area contributed by atoms with Crippen LogP contribution in [0.5, 0.6) is 0 Å². The number of carbonyl (C=O) groups excluding carboxylic acids is 2. The standard InChI is InChI=1S/C20H26N2O5/c1-20(9-2-12-27-13-20)19(26)21-16-5-3-14(4-6-16)17(23)22-10-7-15(8-11-22)18(24)25/h3-6,15H,2,7-13H2,1H3,(H,21,26)(H,24,25). The molecule has 1 atom stereocenters. The van der Waals surface area contributed by atoms with Gasteiger partial charge < -0.3 is 20.1 Å². The third-order valence-electron chi connectivity index (χ3n) is 5.51. The van der Waals surface area contributed by atoms with Gasteiger partial charge in [-0.05, 0) is 56.9 Å². The Labute approximate surface area is 158 Å². The molecule has 1 unspecified atom stereocenters. The molecule has 146 valence electrons. The summed E-state index contributed by atoms with van der Waals surface area (Å²) in [5.41, 5.74) is 0.656. The van der Waals surface area contributed by atoms with E-state index in [1.165, 1.54) is 0 Å². The number of piperidine rings is 1. The zero-order valence-corrected chi connectivity index (χ0v) is 15.6. The van der Waals surface area contributed by atoms with Crippen LogP contribution >= 0.6 is 0 Å². The van der Waals surface area contributed by atoms with Crippen LogP contribution in [-0.2, 0) is 14.3 Å². The quantitative estimate of drug-likeness (QED) is 0.844. The van der Waals surface area contributed by atoms with E-state index in [0.29, 0.717) is 50.4 Å². The minimum Gasteiger partial charge on any atom is -0.481 e. The molecule has 2 aliphatic rings. The molecule has 1 aromatic rings. The van der Waals surface area contributed by atoms with Crippen molar-refractivity contribution in [2.75, 3.05) is 31.6 Å². The van der Waals surface area contributed by atoms with E-state index in [0.717, 1.165) is 12.8 Å². The second-order valence-corrected chi connectivity index (χ2v) is 7.65. The first kappa shape index (κ1) is 19.4. The van der Waals surface area contributed by atoms with Crippen molar-refractivity contribution in [3.8, 4) is 0 Å². The summed E-state index contributed by atoms with van der Waals surface area (Å²) >= 11 is 0. The topological polar surface area (TPSA) is 95.9 Å². The lowest BCUT2D eigenvalue weighted by atomic mass is 9.84. The molecule has 2 N–H and O–H groups in total. The summed E-state index contributed by atoms with van der Waals surface area (Å²) in [6.45, 7) is 3.92. The summed E-state index contributed by atoms with van der Waals surface area (Å²) in [4.78, 5) is 37.8. The largest absolute Gasteiger partial charge is 0.481 e. The first-order chi connectivity index (χ1) is 12.9. The number of likely N-dealkylation sites (tertiary alicyclic amines) is 1. The fourth-order valence-electron chi connectivity index (χ4n) is 3.60. The van der Waals surface area contributed by atoms with Gasteiger partial charge in [-0.2, -0.15) is 0 Å². The molecule has 2 fully saturated rings. The van der Waals surface area contributed by atoms with Gasteiger partial charge in [0.2, 0.25) is 5.91 Å². The lowest BCUT2D eigenvalue weighted by Crippen LogP contribution is -2.40. The number of aliphatic carboxylic acids is 1. The Morgan fingerprint density at radius 1 is 1.19 bits per heavy atom. The van der Waals surface area contributed by atoms with Crippen molar-refractivity contribution in [2.24, 2.45) is 11.3 Å². The monoisotopic (exact) mass is 374 g/mol. The molecule has 0 spiro atoms. The molecule has 2 heterocycles. The highest BCUT2D eigenvalue weighted by Gasteiger charge is 2.35. The van der Waals surface area contributed by atoms with Crippen LogP contribution in [-0.4, -0.2) is 54.1 Å². The van der Waals surface area contributed by atoms with Gasteiger partial charge in [0, 0.05) is 30.9 Å². The number of nitrogens with one attached hydrogen (secondary N) is 1. The van der Waals surface area contributed by atoms with Gasteiger partial charge in [-0.15, -0.1) is 0 Å².